The molecule has 116 valence electrons. The van der Waals surface area contributed by atoms with Gasteiger partial charge in [0.25, 0.3) is 0 Å². The second-order valence-corrected chi connectivity index (χ2v) is 6.03. The molecule has 21 heavy (non-hydrogen) atoms. The fourth-order valence-electron chi connectivity index (χ4n) is 1.96. The Labute approximate surface area is 132 Å². The first-order valence-electron chi connectivity index (χ1n) is 6.62. The van der Waals surface area contributed by atoms with Crippen LogP contribution in [0.15, 0.2) is 18.2 Å². The molecule has 1 aromatic rings. The van der Waals surface area contributed by atoms with Crippen molar-refractivity contribution in [3.05, 3.63) is 23.2 Å². The molecule has 1 fully saturated rings. The van der Waals surface area contributed by atoms with Gasteiger partial charge in [0.2, 0.25) is 0 Å². The molecule has 1 aliphatic heterocycles. The van der Waals surface area contributed by atoms with Crippen molar-refractivity contribution in [3.63, 3.8) is 0 Å². The minimum Gasteiger partial charge on any atom is -0.394 e. The first-order chi connectivity index (χ1) is 10.2. The number of carbonyl (C=O) groups excluding carboxylic acids is 1. The van der Waals surface area contributed by atoms with E-state index in [-0.39, 0.29) is 13.2 Å². The molecule has 0 spiro atoms. The van der Waals surface area contributed by atoms with Gasteiger partial charge in [0.05, 0.1) is 23.9 Å². The van der Waals surface area contributed by atoms with E-state index in [1.807, 2.05) is 17.8 Å². The monoisotopic (exact) mass is 331 g/mol. The van der Waals surface area contributed by atoms with Crippen LogP contribution in [0, 0.1) is 0 Å². The summed E-state index contributed by atoms with van der Waals surface area (Å²) in [5, 5.41) is 11.8. The molecule has 1 heterocycles. The Bertz CT molecular complexity index is 484. The number of aliphatic hydroxyl groups excluding tert-OH is 1. The van der Waals surface area contributed by atoms with Gasteiger partial charge in [-0.25, -0.2) is 10.3 Å². The topological polar surface area (TPSA) is 73.8 Å². The van der Waals surface area contributed by atoms with E-state index in [1.54, 1.807) is 12.1 Å². The van der Waals surface area contributed by atoms with Gasteiger partial charge in [-0.1, -0.05) is 11.6 Å². The number of nitrogens with zero attached hydrogens (tertiary/aromatic N) is 1. The first-order valence-corrected chi connectivity index (χ1v) is 8.16. The number of amides is 2. The number of hydrogen-bond donors (Lipinski definition) is 3. The maximum absolute atomic E-state index is 11.5. The Morgan fingerprint density at radius 2 is 2.19 bits per heavy atom. The lowest BCUT2D eigenvalue weighted by Gasteiger charge is -2.29. The van der Waals surface area contributed by atoms with Gasteiger partial charge in [-0.3, -0.25) is 4.84 Å². The van der Waals surface area contributed by atoms with Crippen LogP contribution < -0.4 is 15.7 Å². The van der Waals surface area contributed by atoms with E-state index in [1.165, 1.54) is 0 Å². The standard InChI is InChI=1S/C13H18ClN3O3S/c14-11-9-10(15-13(19)16-20-6-5-18)1-2-12(11)17-3-7-21-8-4-17/h1-2,9,18H,3-8H2,(H2,15,16,19). The minimum atomic E-state index is -0.512. The number of nitrogens with one attached hydrogen (secondary N) is 2. The van der Waals surface area contributed by atoms with Crippen LogP contribution in [0.1, 0.15) is 0 Å². The Hall–Kier alpha value is -1.15. The molecule has 1 aliphatic rings. The van der Waals surface area contributed by atoms with E-state index < -0.39 is 6.03 Å². The van der Waals surface area contributed by atoms with Gasteiger partial charge >= 0.3 is 6.03 Å². The van der Waals surface area contributed by atoms with Gasteiger partial charge in [0.1, 0.15) is 0 Å². The molecule has 0 saturated carbocycles. The molecule has 0 atom stereocenters. The second kappa shape index (κ2) is 8.33. The van der Waals surface area contributed by atoms with Crippen LogP contribution in [0.4, 0.5) is 16.2 Å². The van der Waals surface area contributed by atoms with Gasteiger partial charge in [0, 0.05) is 30.3 Å². The fraction of sp³-hybridized carbons (Fsp3) is 0.462. The number of rotatable bonds is 5. The van der Waals surface area contributed by atoms with E-state index in [2.05, 4.69) is 15.7 Å². The molecule has 1 saturated heterocycles. The lowest BCUT2D eigenvalue weighted by molar-refractivity contribution is 0.0400. The summed E-state index contributed by atoms with van der Waals surface area (Å²) < 4.78 is 0. The molecule has 0 bridgehead atoms. The van der Waals surface area contributed by atoms with E-state index >= 15 is 0 Å². The predicted molar refractivity (Wildman–Crippen MR) is 86.2 cm³/mol. The van der Waals surface area contributed by atoms with Gasteiger partial charge in [0.15, 0.2) is 0 Å². The number of thioether (sulfide) groups is 1. The van der Waals surface area contributed by atoms with Crippen molar-refractivity contribution in [1.29, 1.82) is 0 Å². The first kappa shape index (κ1) is 16.2. The summed E-state index contributed by atoms with van der Waals surface area (Å²) in [6.07, 6.45) is 0. The molecular formula is C13H18ClN3O3S. The van der Waals surface area contributed by atoms with Crippen molar-refractivity contribution in [1.82, 2.24) is 5.48 Å². The van der Waals surface area contributed by atoms with E-state index in [0.717, 1.165) is 30.3 Å². The molecule has 0 unspecified atom stereocenters. The number of aliphatic hydroxyl groups is 1. The predicted octanol–water partition coefficient (Wildman–Crippen LogP) is 1.94. The smallest absolute Gasteiger partial charge is 0.343 e. The van der Waals surface area contributed by atoms with Crippen molar-refractivity contribution >= 4 is 40.8 Å². The number of urea groups is 1. The molecule has 1 aromatic carbocycles. The molecule has 3 N–H and O–H groups in total. The highest BCUT2D eigenvalue weighted by atomic mass is 35.5. The fourth-order valence-corrected chi connectivity index (χ4v) is 3.17. The average molecular weight is 332 g/mol. The van der Waals surface area contributed by atoms with Gasteiger partial charge in [-0.2, -0.15) is 11.8 Å². The maximum Gasteiger partial charge on any atom is 0.343 e. The third kappa shape index (κ3) is 4.96. The third-order valence-electron chi connectivity index (χ3n) is 2.92. The highest BCUT2D eigenvalue weighted by Gasteiger charge is 2.14. The molecule has 2 amide bonds. The van der Waals surface area contributed by atoms with Crippen LogP contribution in [-0.4, -0.2) is 48.9 Å². The lowest BCUT2D eigenvalue weighted by Crippen LogP contribution is -2.32. The number of carbonyl (C=O) groups is 1. The van der Waals surface area contributed by atoms with Crippen molar-refractivity contribution in [2.45, 2.75) is 0 Å². The van der Waals surface area contributed by atoms with Gasteiger partial charge in [-0.05, 0) is 18.2 Å². The SMILES string of the molecule is O=C(NOCCO)Nc1ccc(N2CCSCC2)c(Cl)c1. The van der Waals surface area contributed by atoms with Crippen LogP contribution in [0.5, 0.6) is 0 Å². The van der Waals surface area contributed by atoms with Gasteiger partial charge < -0.3 is 15.3 Å². The largest absolute Gasteiger partial charge is 0.394 e. The van der Waals surface area contributed by atoms with Crippen molar-refractivity contribution in [2.75, 3.05) is 48.0 Å². The van der Waals surface area contributed by atoms with Crippen LogP contribution in [0.2, 0.25) is 5.02 Å². The zero-order valence-electron chi connectivity index (χ0n) is 11.5. The number of benzene rings is 1. The Morgan fingerprint density at radius 3 is 2.86 bits per heavy atom. The van der Waals surface area contributed by atoms with E-state index in [9.17, 15) is 4.79 Å². The van der Waals surface area contributed by atoms with E-state index in [4.69, 9.17) is 21.5 Å². The highest BCUT2D eigenvalue weighted by Crippen LogP contribution is 2.30. The number of hydrogen-bond acceptors (Lipinski definition) is 5. The Morgan fingerprint density at radius 1 is 1.43 bits per heavy atom. The summed E-state index contributed by atoms with van der Waals surface area (Å²) in [5.41, 5.74) is 3.73. The minimum absolute atomic E-state index is 0.0418. The van der Waals surface area contributed by atoms with Crippen molar-refractivity contribution in [3.8, 4) is 0 Å². The van der Waals surface area contributed by atoms with Crippen molar-refractivity contribution < 1.29 is 14.7 Å². The lowest BCUT2D eigenvalue weighted by atomic mass is 10.2. The molecule has 8 heteroatoms. The van der Waals surface area contributed by atoms with Crippen LogP contribution >= 0.6 is 23.4 Å². The normalized spacial score (nSPS) is 14.9. The number of halogens is 1. The summed E-state index contributed by atoms with van der Waals surface area (Å²) in [4.78, 5) is 18.5. The quantitative estimate of drug-likeness (QED) is 0.568. The average Bonchev–Trinajstić information content (AvgIpc) is 2.48. The zero-order valence-corrected chi connectivity index (χ0v) is 13.0. The second-order valence-electron chi connectivity index (χ2n) is 4.39. The zero-order chi connectivity index (χ0) is 15.1. The number of anilines is 2. The van der Waals surface area contributed by atoms with Crippen LogP contribution in [0.25, 0.3) is 0 Å². The molecule has 0 aromatic heterocycles. The van der Waals surface area contributed by atoms with Crippen LogP contribution in [-0.2, 0) is 4.84 Å². The van der Waals surface area contributed by atoms with Crippen LogP contribution in [0.3, 0.4) is 0 Å². The molecule has 0 radical (unpaired) electrons. The summed E-state index contributed by atoms with van der Waals surface area (Å²) in [6, 6.07) is 4.91. The third-order valence-corrected chi connectivity index (χ3v) is 4.16. The summed E-state index contributed by atoms with van der Waals surface area (Å²) in [6.45, 7) is 1.84. The Balaban J connectivity index is 1.93. The molecule has 0 aliphatic carbocycles. The summed E-state index contributed by atoms with van der Waals surface area (Å²) in [5.74, 6) is 2.20. The molecule has 2 rings (SSSR count). The highest BCUT2D eigenvalue weighted by molar-refractivity contribution is 7.99. The summed E-state index contributed by atoms with van der Waals surface area (Å²) in [7, 11) is 0. The van der Waals surface area contributed by atoms with Gasteiger partial charge in [-0.15, -0.1) is 0 Å². The Kier molecular flexibility index (Phi) is 6.44. The molecule has 6 nitrogen and oxygen atoms in total. The number of hydroxylamine groups is 1. The van der Waals surface area contributed by atoms with E-state index in [0.29, 0.717) is 10.7 Å². The summed E-state index contributed by atoms with van der Waals surface area (Å²) >= 11 is 8.23. The maximum atomic E-state index is 11.5. The molecular weight excluding hydrogens is 314 g/mol. The van der Waals surface area contributed by atoms with Crippen molar-refractivity contribution in [2.24, 2.45) is 0 Å².